The summed E-state index contributed by atoms with van der Waals surface area (Å²) in [6.07, 6.45) is -0.973. The number of hydrogen-bond acceptors (Lipinski definition) is 2. The fourth-order valence-corrected chi connectivity index (χ4v) is 1.27. The molecule has 0 aromatic rings. The molecule has 2 N–H and O–H groups in total. The summed E-state index contributed by atoms with van der Waals surface area (Å²) in [5.41, 5.74) is -0.0312. The molecule has 0 bridgehead atoms. The Morgan fingerprint density at radius 2 is 1.56 bits per heavy atom. The predicted octanol–water partition coefficient (Wildman–Crippen LogP) is 3.25. The molecule has 98 valence electrons. The van der Waals surface area contributed by atoms with Crippen molar-refractivity contribution in [3.63, 3.8) is 0 Å². The van der Waals surface area contributed by atoms with Gasteiger partial charge in [0.1, 0.15) is 0 Å². The fourth-order valence-electron chi connectivity index (χ4n) is 1.07. The predicted molar refractivity (Wildman–Crippen MR) is 70.4 cm³/mol. The van der Waals surface area contributed by atoms with Crippen LogP contribution in [-0.2, 0) is 4.74 Å². The molecule has 0 aliphatic carbocycles. The lowest BCUT2D eigenvalue weighted by Gasteiger charge is -2.30. The van der Waals surface area contributed by atoms with E-state index in [2.05, 4.69) is 62.8 Å². The van der Waals surface area contributed by atoms with Crippen LogP contribution in [0.15, 0.2) is 0 Å². The maximum Gasteiger partial charge on any atom is 0.404 e. The van der Waals surface area contributed by atoms with Crippen molar-refractivity contribution in [2.75, 3.05) is 11.9 Å². The Hall–Kier alpha value is -0.290. The number of carboxylic acid groups (broad SMARTS) is 1. The minimum atomic E-state index is -0.973. The number of carbonyl (C=O) groups is 1. The second-order valence-electron chi connectivity index (χ2n) is 5.25. The third-order valence-corrected chi connectivity index (χ3v) is 1.38. The van der Waals surface area contributed by atoms with Crippen LogP contribution in [0.2, 0.25) is 0 Å². The molecular weight excluding hydrogens is 274 g/mol. The molecule has 0 rings (SSSR count). The summed E-state index contributed by atoms with van der Waals surface area (Å²) < 4.78 is 5.62. The van der Waals surface area contributed by atoms with E-state index in [4.69, 9.17) is 9.84 Å². The van der Waals surface area contributed by atoms with Crippen LogP contribution in [-0.4, -0.2) is 34.3 Å². The van der Waals surface area contributed by atoms with Gasteiger partial charge in [0.2, 0.25) is 0 Å². The van der Waals surface area contributed by atoms with E-state index in [0.29, 0.717) is 11.9 Å². The summed E-state index contributed by atoms with van der Waals surface area (Å²) in [5, 5.41) is 10.7. The van der Waals surface area contributed by atoms with E-state index in [9.17, 15) is 4.79 Å². The first-order valence-corrected chi connectivity index (χ1v) is 6.33. The first-order chi connectivity index (χ1) is 6.98. The maximum absolute atomic E-state index is 9.63. The lowest BCUT2D eigenvalue weighted by atomic mass is 10.1. The second kappa shape index (κ2) is 7.90. The summed E-state index contributed by atoms with van der Waals surface area (Å²) in [4.78, 5) is 9.63. The molecule has 0 radical (unpaired) electrons. The van der Waals surface area contributed by atoms with E-state index in [-0.39, 0.29) is 11.2 Å². The molecule has 0 saturated carbocycles. The van der Waals surface area contributed by atoms with Crippen molar-refractivity contribution in [1.82, 2.24) is 5.32 Å². The minimum absolute atomic E-state index is 0.0156. The highest BCUT2D eigenvalue weighted by Crippen LogP contribution is 2.17. The van der Waals surface area contributed by atoms with Crippen LogP contribution >= 0.6 is 15.9 Å². The third-order valence-electron chi connectivity index (χ3n) is 0.983. The summed E-state index contributed by atoms with van der Waals surface area (Å²) in [7, 11) is 0. The molecule has 16 heavy (non-hydrogen) atoms. The van der Waals surface area contributed by atoms with Gasteiger partial charge < -0.3 is 15.2 Å². The van der Waals surface area contributed by atoms with Gasteiger partial charge in [-0.05, 0) is 41.5 Å². The average molecular weight is 298 g/mol. The van der Waals surface area contributed by atoms with E-state index in [1.807, 2.05) is 0 Å². The van der Waals surface area contributed by atoms with Gasteiger partial charge in [0.15, 0.2) is 0 Å². The molecule has 0 atom stereocenters. The van der Waals surface area contributed by atoms with Crippen LogP contribution in [0, 0.1) is 0 Å². The van der Waals surface area contributed by atoms with Gasteiger partial charge in [0, 0.05) is 11.9 Å². The van der Waals surface area contributed by atoms with Gasteiger partial charge in [0.25, 0.3) is 0 Å². The zero-order valence-electron chi connectivity index (χ0n) is 11.1. The van der Waals surface area contributed by atoms with Gasteiger partial charge >= 0.3 is 6.09 Å². The molecule has 0 fully saturated rings. The average Bonchev–Trinajstić information content (AvgIpc) is 1.94. The normalized spacial score (nSPS) is 11.4. The fraction of sp³-hybridized carbons (Fsp3) is 0.909. The number of halogens is 1. The highest BCUT2D eigenvalue weighted by Gasteiger charge is 2.19. The van der Waals surface area contributed by atoms with Crippen LogP contribution in [0.5, 0.6) is 0 Å². The monoisotopic (exact) mass is 297 g/mol. The van der Waals surface area contributed by atoms with Crippen LogP contribution in [0.25, 0.3) is 0 Å². The van der Waals surface area contributed by atoms with Crippen LogP contribution in [0.1, 0.15) is 41.5 Å². The molecule has 0 aliphatic heterocycles. The van der Waals surface area contributed by atoms with E-state index < -0.39 is 6.09 Å². The quantitative estimate of drug-likeness (QED) is 0.769. The van der Waals surface area contributed by atoms with E-state index in [0.717, 1.165) is 0 Å². The molecule has 0 spiro atoms. The largest absolute Gasteiger partial charge is 0.465 e. The molecule has 0 unspecified atom stereocenters. The molecule has 1 amide bonds. The number of rotatable bonds is 2. The Kier molecular flexibility index (Phi) is 8.93. The van der Waals surface area contributed by atoms with Crippen LogP contribution < -0.4 is 5.32 Å². The van der Waals surface area contributed by atoms with Crippen molar-refractivity contribution in [2.24, 2.45) is 0 Å². The van der Waals surface area contributed by atoms with Crippen molar-refractivity contribution < 1.29 is 14.6 Å². The highest BCUT2D eigenvalue weighted by molar-refractivity contribution is 9.09. The molecular formula is C11H24BrNO3. The lowest BCUT2D eigenvalue weighted by molar-refractivity contribution is -0.102. The molecule has 0 aromatic carbocycles. The summed E-state index contributed by atoms with van der Waals surface area (Å²) >= 11 is 3.05. The van der Waals surface area contributed by atoms with Gasteiger partial charge in [0.05, 0.1) is 11.2 Å². The standard InChI is InChI=1S/C8H18O.C3H6BrNO2/c1-7(2,3)9-8(4,5)6;4-1-2-5-3(6)7/h1-6H3;5H,1-2H2,(H,6,7). The van der Waals surface area contributed by atoms with Crippen molar-refractivity contribution in [1.29, 1.82) is 0 Å². The van der Waals surface area contributed by atoms with Gasteiger partial charge in [-0.15, -0.1) is 0 Å². The zero-order valence-corrected chi connectivity index (χ0v) is 12.6. The van der Waals surface area contributed by atoms with E-state index in [1.54, 1.807) is 0 Å². The summed E-state index contributed by atoms with van der Waals surface area (Å²) in [6.45, 7) is 12.9. The Morgan fingerprint density at radius 1 is 1.19 bits per heavy atom. The van der Waals surface area contributed by atoms with Crippen LogP contribution in [0.4, 0.5) is 4.79 Å². The molecule has 5 heteroatoms. The topological polar surface area (TPSA) is 58.6 Å². The number of ether oxygens (including phenoxy) is 1. The van der Waals surface area contributed by atoms with Gasteiger partial charge in [-0.3, -0.25) is 0 Å². The van der Waals surface area contributed by atoms with Crippen LogP contribution in [0.3, 0.4) is 0 Å². The SMILES string of the molecule is CC(C)(C)OC(C)(C)C.O=C(O)NCCBr. The van der Waals surface area contributed by atoms with E-state index >= 15 is 0 Å². The third kappa shape index (κ3) is 23.5. The molecule has 0 saturated heterocycles. The molecule has 4 nitrogen and oxygen atoms in total. The Bertz CT molecular complexity index is 182. The minimum Gasteiger partial charge on any atom is -0.465 e. The van der Waals surface area contributed by atoms with Crippen molar-refractivity contribution >= 4 is 22.0 Å². The number of alkyl halides is 1. The first kappa shape index (κ1) is 18.1. The highest BCUT2D eigenvalue weighted by atomic mass is 79.9. The maximum atomic E-state index is 9.63. The summed E-state index contributed by atoms with van der Waals surface area (Å²) in [5.74, 6) is 0. The summed E-state index contributed by atoms with van der Waals surface area (Å²) in [6, 6.07) is 0. The number of amides is 1. The van der Waals surface area contributed by atoms with Crippen molar-refractivity contribution in [3.05, 3.63) is 0 Å². The lowest BCUT2D eigenvalue weighted by Crippen LogP contribution is -2.31. The Labute approximate surface area is 107 Å². The smallest absolute Gasteiger partial charge is 0.404 e. The van der Waals surface area contributed by atoms with Gasteiger partial charge in [-0.2, -0.15) is 0 Å². The second-order valence-corrected chi connectivity index (χ2v) is 6.04. The molecule has 0 heterocycles. The van der Waals surface area contributed by atoms with E-state index in [1.165, 1.54) is 0 Å². The van der Waals surface area contributed by atoms with Gasteiger partial charge in [-0.25, -0.2) is 4.79 Å². The number of hydrogen-bond donors (Lipinski definition) is 2. The Balaban J connectivity index is 0. The van der Waals surface area contributed by atoms with Gasteiger partial charge in [-0.1, -0.05) is 15.9 Å². The van der Waals surface area contributed by atoms with Crippen molar-refractivity contribution in [3.8, 4) is 0 Å². The molecule has 0 aromatic heterocycles. The first-order valence-electron chi connectivity index (χ1n) is 5.21. The number of nitrogens with one attached hydrogen (secondary N) is 1. The zero-order chi connectivity index (χ0) is 13.4. The van der Waals surface area contributed by atoms with Crippen molar-refractivity contribution in [2.45, 2.75) is 52.7 Å². The molecule has 0 aliphatic rings. The Morgan fingerprint density at radius 3 is 1.62 bits per heavy atom.